The van der Waals surface area contributed by atoms with E-state index in [1.54, 1.807) is 18.3 Å². The van der Waals surface area contributed by atoms with Crippen LogP contribution in [0.15, 0.2) is 41.0 Å². The highest BCUT2D eigenvalue weighted by molar-refractivity contribution is 9.10. The zero-order valence-corrected chi connectivity index (χ0v) is 15.9. The SMILES string of the molecule is Cc1ccc(Nc2ccc(C(=O)NCCCN(C)C)cn2)c(Br)c1. The topological polar surface area (TPSA) is 57.3 Å². The molecule has 0 unspecified atom stereocenters. The second-order valence-electron chi connectivity index (χ2n) is 5.95. The second kappa shape index (κ2) is 8.80. The zero-order valence-electron chi connectivity index (χ0n) is 14.3. The van der Waals surface area contributed by atoms with Gasteiger partial charge in [-0.3, -0.25) is 4.79 Å². The lowest BCUT2D eigenvalue weighted by Gasteiger charge is -2.11. The van der Waals surface area contributed by atoms with E-state index in [1.807, 2.05) is 39.2 Å². The van der Waals surface area contributed by atoms with E-state index in [4.69, 9.17) is 0 Å². The Morgan fingerprint density at radius 2 is 2.04 bits per heavy atom. The molecule has 128 valence electrons. The van der Waals surface area contributed by atoms with E-state index in [-0.39, 0.29) is 5.91 Å². The van der Waals surface area contributed by atoms with Crippen molar-refractivity contribution in [1.29, 1.82) is 0 Å². The molecule has 1 heterocycles. The van der Waals surface area contributed by atoms with Crippen LogP contribution in [0.4, 0.5) is 11.5 Å². The Morgan fingerprint density at radius 1 is 1.25 bits per heavy atom. The highest BCUT2D eigenvalue weighted by Crippen LogP contribution is 2.26. The van der Waals surface area contributed by atoms with Crippen LogP contribution in [-0.2, 0) is 0 Å². The Labute approximate surface area is 151 Å². The molecule has 0 atom stereocenters. The van der Waals surface area contributed by atoms with Crippen LogP contribution in [0.25, 0.3) is 0 Å². The molecule has 2 N–H and O–H groups in total. The minimum Gasteiger partial charge on any atom is -0.352 e. The van der Waals surface area contributed by atoms with Gasteiger partial charge in [-0.1, -0.05) is 6.07 Å². The van der Waals surface area contributed by atoms with Crippen molar-refractivity contribution in [3.63, 3.8) is 0 Å². The van der Waals surface area contributed by atoms with Crippen LogP contribution in [0.2, 0.25) is 0 Å². The quantitative estimate of drug-likeness (QED) is 0.709. The van der Waals surface area contributed by atoms with Crippen molar-refractivity contribution in [2.45, 2.75) is 13.3 Å². The highest BCUT2D eigenvalue weighted by atomic mass is 79.9. The van der Waals surface area contributed by atoms with E-state index in [0.717, 1.165) is 23.1 Å². The fraction of sp³-hybridized carbons (Fsp3) is 0.333. The normalized spacial score (nSPS) is 10.7. The van der Waals surface area contributed by atoms with Crippen molar-refractivity contribution in [2.75, 3.05) is 32.5 Å². The predicted molar refractivity (Wildman–Crippen MR) is 102 cm³/mol. The summed E-state index contributed by atoms with van der Waals surface area (Å²) in [6.07, 6.45) is 2.51. The van der Waals surface area contributed by atoms with E-state index >= 15 is 0 Å². The summed E-state index contributed by atoms with van der Waals surface area (Å²) in [6.45, 7) is 3.65. The first-order valence-corrected chi connectivity index (χ1v) is 8.67. The van der Waals surface area contributed by atoms with Crippen molar-refractivity contribution in [3.05, 3.63) is 52.1 Å². The number of benzene rings is 1. The molecular weight excluding hydrogens is 368 g/mol. The first-order chi connectivity index (χ1) is 11.5. The summed E-state index contributed by atoms with van der Waals surface area (Å²) in [4.78, 5) is 18.5. The average molecular weight is 391 g/mol. The number of rotatable bonds is 7. The van der Waals surface area contributed by atoms with Gasteiger partial charge >= 0.3 is 0 Å². The van der Waals surface area contributed by atoms with Crippen LogP contribution < -0.4 is 10.6 Å². The van der Waals surface area contributed by atoms with Crippen LogP contribution in [0.3, 0.4) is 0 Å². The Morgan fingerprint density at radius 3 is 2.67 bits per heavy atom. The van der Waals surface area contributed by atoms with Gasteiger partial charge in [0.15, 0.2) is 0 Å². The number of hydrogen-bond donors (Lipinski definition) is 2. The van der Waals surface area contributed by atoms with Crippen LogP contribution in [0.5, 0.6) is 0 Å². The van der Waals surface area contributed by atoms with Gasteiger partial charge in [-0.25, -0.2) is 4.98 Å². The lowest BCUT2D eigenvalue weighted by atomic mass is 10.2. The Balaban J connectivity index is 1.91. The number of carbonyl (C=O) groups excluding carboxylic acids is 1. The fourth-order valence-electron chi connectivity index (χ4n) is 2.16. The number of amides is 1. The van der Waals surface area contributed by atoms with Crippen LogP contribution in [0, 0.1) is 6.92 Å². The van der Waals surface area contributed by atoms with Crippen molar-refractivity contribution in [3.8, 4) is 0 Å². The molecular formula is C18H23BrN4O. The fourth-order valence-corrected chi connectivity index (χ4v) is 2.75. The molecule has 0 aliphatic rings. The van der Waals surface area contributed by atoms with Gasteiger partial charge in [0.1, 0.15) is 5.82 Å². The van der Waals surface area contributed by atoms with Gasteiger partial charge in [-0.05, 0) is 79.7 Å². The first kappa shape index (κ1) is 18.4. The summed E-state index contributed by atoms with van der Waals surface area (Å²) in [5.74, 6) is 0.605. The molecule has 0 aliphatic carbocycles. The van der Waals surface area contributed by atoms with Crippen molar-refractivity contribution >= 4 is 33.3 Å². The molecule has 2 aromatic rings. The predicted octanol–water partition coefficient (Wildman–Crippen LogP) is 3.58. The summed E-state index contributed by atoms with van der Waals surface area (Å²) in [7, 11) is 4.04. The van der Waals surface area contributed by atoms with E-state index < -0.39 is 0 Å². The molecule has 0 fully saturated rings. The molecule has 1 amide bonds. The molecule has 0 saturated carbocycles. The molecule has 0 saturated heterocycles. The summed E-state index contributed by atoms with van der Waals surface area (Å²) in [5, 5.41) is 6.14. The third-order valence-corrected chi connectivity index (χ3v) is 4.14. The van der Waals surface area contributed by atoms with Gasteiger partial charge in [0.2, 0.25) is 0 Å². The minimum absolute atomic E-state index is 0.0932. The highest BCUT2D eigenvalue weighted by Gasteiger charge is 2.07. The van der Waals surface area contributed by atoms with Crippen molar-refractivity contribution in [1.82, 2.24) is 15.2 Å². The van der Waals surface area contributed by atoms with Gasteiger partial charge in [0, 0.05) is 17.2 Å². The first-order valence-electron chi connectivity index (χ1n) is 7.88. The maximum Gasteiger partial charge on any atom is 0.252 e. The zero-order chi connectivity index (χ0) is 17.5. The second-order valence-corrected chi connectivity index (χ2v) is 6.81. The smallest absolute Gasteiger partial charge is 0.252 e. The van der Waals surface area contributed by atoms with Gasteiger partial charge in [0.25, 0.3) is 5.91 Å². The standard InChI is InChI=1S/C18H23BrN4O/c1-13-5-7-16(15(19)11-13)22-17-8-6-14(12-21-17)18(24)20-9-4-10-23(2)3/h5-8,11-12H,4,9-10H2,1-3H3,(H,20,24)(H,21,22). The Bertz CT molecular complexity index is 686. The van der Waals surface area contributed by atoms with E-state index in [1.165, 1.54) is 5.56 Å². The number of nitrogens with one attached hydrogen (secondary N) is 2. The molecule has 5 nitrogen and oxygen atoms in total. The van der Waals surface area contributed by atoms with E-state index in [0.29, 0.717) is 17.9 Å². The summed E-state index contributed by atoms with van der Waals surface area (Å²) < 4.78 is 0.979. The van der Waals surface area contributed by atoms with Gasteiger partial charge in [-0.15, -0.1) is 0 Å². The van der Waals surface area contributed by atoms with Crippen molar-refractivity contribution < 1.29 is 4.79 Å². The average Bonchev–Trinajstić information content (AvgIpc) is 2.54. The summed E-state index contributed by atoms with van der Waals surface area (Å²) in [5.41, 5.74) is 2.68. The minimum atomic E-state index is -0.0932. The summed E-state index contributed by atoms with van der Waals surface area (Å²) in [6, 6.07) is 9.65. The molecule has 1 aromatic heterocycles. The molecule has 0 aliphatic heterocycles. The van der Waals surface area contributed by atoms with Crippen molar-refractivity contribution in [2.24, 2.45) is 0 Å². The monoisotopic (exact) mass is 390 g/mol. The number of nitrogens with zero attached hydrogens (tertiary/aromatic N) is 2. The van der Waals surface area contributed by atoms with Gasteiger partial charge < -0.3 is 15.5 Å². The largest absolute Gasteiger partial charge is 0.352 e. The molecule has 1 aromatic carbocycles. The van der Waals surface area contributed by atoms with E-state index in [2.05, 4.69) is 36.4 Å². The molecule has 0 spiro atoms. The maximum absolute atomic E-state index is 12.1. The number of hydrogen-bond acceptors (Lipinski definition) is 4. The number of carbonyl (C=O) groups is 1. The van der Waals surface area contributed by atoms with Gasteiger partial charge in [-0.2, -0.15) is 0 Å². The number of aromatic nitrogens is 1. The van der Waals surface area contributed by atoms with Crippen LogP contribution in [-0.4, -0.2) is 43.0 Å². The molecule has 6 heteroatoms. The molecule has 0 bridgehead atoms. The number of anilines is 2. The number of pyridine rings is 1. The van der Waals surface area contributed by atoms with Crippen LogP contribution >= 0.6 is 15.9 Å². The summed E-state index contributed by atoms with van der Waals surface area (Å²) >= 11 is 3.53. The lowest BCUT2D eigenvalue weighted by molar-refractivity contribution is 0.0952. The van der Waals surface area contributed by atoms with E-state index in [9.17, 15) is 4.79 Å². The lowest BCUT2D eigenvalue weighted by Crippen LogP contribution is -2.27. The Kier molecular flexibility index (Phi) is 6.75. The Hall–Kier alpha value is -1.92. The third-order valence-electron chi connectivity index (χ3n) is 3.48. The number of aryl methyl sites for hydroxylation is 1. The molecule has 2 rings (SSSR count). The third kappa shape index (κ3) is 5.62. The molecule has 0 radical (unpaired) electrons. The maximum atomic E-state index is 12.1. The van der Waals surface area contributed by atoms with Gasteiger partial charge in [0.05, 0.1) is 11.3 Å². The molecule has 24 heavy (non-hydrogen) atoms. The number of halogens is 1. The van der Waals surface area contributed by atoms with Crippen LogP contribution in [0.1, 0.15) is 22.3 Å².